The Hall–Kier alpha value is -0.600. The van der Waals surface area contributed by atoms with Gasteiger partial charge in [0.1, 0.15) is 16.1 Å². The molecule has 0 fully saturated rings. The van der Waals surface area contributed by atoms with Gasteiger partial charge in [-0.25, -0.2) is 4.98 Å². The van der Waals surface area contributed by atoms with Crippen molar-refractivity contribution in [2.75, 3.05) is 0 Å². The molecule has 18 heavy (non-hydrogen) atoms. The number of halogens is 2. The summed E-state index contributed by atoms with van der Waals surface area (Å²) in [5, 5.41) is 0.787. The van der Waals surface area contributed by atoms with Gasteiger partial charge in [-0.3, -0.25) is 0 Å². The van der Waals surface area contributed by atoms with Crippen LogP contribution in [-0.4, -0.2) is 10.8 Å². The van der Waals surface area contributed by atoms with E-state index in [9.17, 15) is 4.79 Å². The number of hydrogen-bond donors (Lipinski definition) is 0. The summed E-state index contributed by atoms with van der Waals surface area (Å²) in [6.07, 6.45) is 1.12. The van der Waals surface area contributed by atoms with Gasteiger partial charge in [0.05, 0.1) is 0 Å². The van der Waals surface area contributed by atoms with E-state index >= 15 is 0 Å². The highest BCUT2D eigenvalue weighted by Crippen LogP contribution is 2.22. The summed E-state index contributed by atoms with van der Waals surface area (Å²) < 4.78 is 0. The zero-order valence-corrected chi connectivity index (χ0v) is 13.6. The van der Waals surface area contributed by atoms with Crippen molar-refractivity contribution in [1.82, 2.24) is 4.98 Å². The third-order valence-corrected chi connectivity index (χ3v) is 2.50. The monoisotopic (exact) mass is 291 g/mol. The number of carbonyl (C=O) groups is 1. The number of carbonyl (C=O) groups excluding carboxylic acids is 1. The lowest BCUT2D eigenvalue weighted by molar-refractivity contribution is -0.116. The van der Waals surface area contributed by atoms with Crippen LogP contribution in [0.15, 0.2) is 6.07 Å². The molecule has 0 amide bonds. The van der Waals surface area contributed by atoms with Gasteiger partial charge in [0.15, 0.2) is 0 Å². The van der Waals surface area contributed by atoms with Crippen molar-refractivity contribution in [2.45, 2.75) is 54.4 Å². The van der Waals surface area contributed by atoms with Crippen LogP contribution >= 0.6 is 23.2 Å². The fraction of sp³-hybridized carbons (Fsp3) is 0.571. The second kappa shape index (κ2) is 11.5. The minimum atomic E-state index is 0.149. The highest BCUT2D eigenvalue weighted by Gasteiger charge is 2.08. The van der Waals surface area contributed by atoms with Crippen LogP contribution in [0.25, 0.3) is 0 Å². The molecule has 0 aromatic carbocycles. The highest BCUT2D eigenvalue weighted by molar-refractivity contribution is 6.33. The molecule has 0 aliphatic heterocycles. The van der Waals surface area contributed by atoms with E-state index in [-0.39, 0.29) is 5.78 Å². The lowest BCUT2D eigenvalue weighted by atomic mass is 10.1. The number of aromatic nitrogens is 1. The average Bonchev–Trinajstić information content (AvgIpc) is 2.32. The van der Waals surface area contributed by atoms with Crippen molar-refractivity contribution in [1.29, 1.82) is 0 Å². The average molecular weight is 292 g/mol. The van der Waals surface area contributed by atoms with Crippen LogP contribution in [0.3, 0.4) is 0 Å². The standard InChI is InChI=1S/C10H11Cl2NO.2C2H6/c1-6-5-9(11)13-10(12)8(6)4-3-7(2)14;2*1-2/h5H,3-4H2,1-2H3;2*1-2H3. The van der Waals surface area contributed by atoms with Crippen molar-refractivity contribution in [3.05, 3.63) is 27.5 Å². The first-order valence-electron chi connectivity index (χ1n) is 6.31. The summed E-state index contributed by atoms with van der Waals surface area (Å²) in [5.74, 6) is 0.149. The topological polar surface area (TPSA) is 30.0 Å². The predicted octanol–water partition coefficient (Wildman–Crippen LogP) is 5.27. The molecule has 0 aliphatic carbocycles. The van der Waals surface area contributed by atoms with Crippen LogP contribution < -0.4 is 0 Å². The van der Waals surface area contributed by atoms with Gasteiger partial charge in [-0.1, -0.05) is 50.9 Å². The Morgan fingerprint density at radius 2 is 1.72 bits per heavy atom. The molecular weight excluding hydrogens is 269 g/mol. The fourth-order valence-corrected chi connectivity index (χ4v) is 1.85. The van der Waals surface area contributed by atoms with Crippen molar-refractivity contribution in [2.24, 2.45) is 0 Å². The highest BCUT2D eigenvalue weighted by atomic mass is 35.5. The number of rotatable bonds is 3. The normalized spacial score (nSPS) is 8.67. The van der Waals surface area contributed by atoms with E-state index in [1.165, 1.54) is 0 Å². The summed E-state index contributed by atoms with van der Waals surface area (Å²) in [7, 11) is 0. The number of pyridine rings is 1. The fourth-order valence-electron chi connectivity index (χ4n) is 1.22. The molecule has 1 aromatic rings. The predicted molar refractivity (Wildman–Crippen MR) is 80.7 cm³/mol. The van der Waals surface area contributed by atoms with Gasteiger partial charge < -0.3 is 4.79 Å². The van der Waals surface area contributed by atoms with Crippen molar-refractivity contribution >= 4 is 29.0 Å². The second-order valence-electron chi connectivity index (χ2n) is 3.23. The van der Waals surface area contributed by atoms with Gasteiger partial charge in [-0.15, -0.1) is 0 Å². The van der Waals surface area contributed by atoms with Gasteiger partial charge in [0, 0.05) is 6.42 Å². The number of ketones is 1. The molecule has 2 nitrogen and oxygen atoms in total. The molecule has 1 heterocycles. The molecule has 0 saturated heterocycles. The SMILES string of the molecule is CC.CC.CC(=O)CCc1c(C)cc(Cl)nc1Cl. The smallest absolute Gasteiger partial charge is 0.134 e. The summed E-state index contributed by atoms with van der Waals surface area (Å²) >= 11 is 11.6. The number of nitrogens with zero attached hydrogens (tertiary/aromatic N) is 1. The van der Waals surface area contributed by atoms with Crippen LogP contribution in [0.4, 0.5) is 0 Å². The van der Waals surface area contributed by atoms with Crippen LogP contribution in [0, 0.1) is 6.92 Å². The minimum absolute atomic E-state index is 0.149. The van der Waals surface area contributed by atoms with Gasteiger partial charge in [0.2, 0.25) is 0 Å². The van der Waals surface area contributed by atoms with Crippen LogP contribution in [0.5, 0.6) is 0 Å². The third-order valence-electron chi connectivity index (χ3n) is 1.99. The lowest BCUT2D eigenvalue weighted by Gasteiger charge is -2.06. The molecule has 4 heteroatoms. The molecule has 0 saturated carbocycles. The Kier molecular flexibility index (Phi) is 12.6. The minimum Gasteiger partial charge on any atom is -0.300 e. The van der Waals surface area contributed by atoms with Crippen molar-refractivity contribution < 1.29 is 4.79 Å². The van der Waals surface area contributed by atoms with Crippen LogP contribution in [0.2, 0.25) is 10.3 Å². The van der Waals surface area contributed by atoms with E-state index in [1.807, 2.05) is 34.6 Å². The summed E-state index contributed by atoms with van der Waals surface area (Å²) in [6.45, 7) is 11.5. The Bertz CT molecular complexity index is 342. The largest absolute Gasteiger partial charge is 0.300 e. The lowest BCUT2D eigenvalue weighted by Crippen LogP contribution is -1.98. The Morgan fingerprint density at radius 1 is 1.22 bits per heavy atom. The maximum absolute atomic E-state index is 10.8. The van der Waals surface area contributed by atoms with Gasteiger partial charge in [-0.2, -0.15) is 0 Å². The molecule has 1 rings (SSSR count). The maximum atomic E-state index is 10.8. The van der Waals surface area contributed by atoms with Crippen molar-refractivity contribution in [3.8, 4) is 0 Å². The molecule has 0 N–H and O–H groups in total. The van der Waals surface area contributed by atoms with Crippen molar-refractivity contribution in [3.63, 3.8) is 0 Å². The first kappa shape index (κ1) is 19.7. The van der Waals surface area contributed by atoms with Gasteiger partial charge in [0.25, 0.3) is 0 Å². The first-order valence-corrected chi connectivity index (χ1v) is 7.07. The van der Waals surface area contributed by atoms with E-state index in [2.05, 4.69) is 4.98 Å². The molecule has 0 atom stereocenters. The maximum Gasteiger partial charge on any atom is 0.134 e. The Morgan fingerprint density at radius 3 is 2.11 bits per heavy atom. The molecule has 0 spiro atoms. The van der Waals surface area contributed by atoms with E-state index in [0.29, 0.717) is 23.1 Å². The molecule has 0 bridgehead atoms. The molecular formula is C14H23Cl2NO. The van der Waals surface area contributed by atoms with Crippen LogP contribution in [0.1, 0.15) is 52.2 Å². The zero-order chi connectivity index (χ0) is 14.7. The Labute approximate surface area is 121 Å². The van der Waals surface area contributed by atoms with E-state index in [4.69, 9.17) is 23.2 Å². The van der Waals surface area contributed by atoms with Gasteiger partial charge in [-0.05, 0) is 37.5 Å². The molecule has 1 aromatic heterocycles. The zero-order valence-electron chi connectivity index (χ0n) is 12.1. The summed E-state index contributed by atoms with van der Waals surface area (Å²) in [4.78, 5) is 14.7. The molecule has 0 aliphatic rings. The molecule has 0 unspecified atom stereocenters. The Balaban J connectivity index is 0. The third kappa shape index (κ3) is 7.67. The summed E-state index contributed by atoms with van der Waals surface area (Å²) in [5.41, 5.74) is 1.89. The number of Topliss-reactive ketones (excluding diaryl/α,β-unsaturated/α-hetero) is 1. The van der Waals surface area contributed by atoms with E-state index in [0.717, 1.165) is 11.1 Å². The van der Waals surface area contributed by atoms with E-state index in [1.54, 1.807) is 13.0 Å². The number of hydrogen-bond acceptors (Lipinski definition) is 2. The van der Waals surface area contributed by atoms with E-state index < -0.39 is 0 Å². The summed E-state index contributed by atoms with van der Waals surface area (Å²) in [6, 6.07) is 1.75. The second-order valence-corrected chi connectivity index (χ2v) is 3.98. The number of aryl methyl sites for hydroxylation is 1. The first-order chi connectivity index (χ1) is 8.50. The quantitative estimate of drug-likeness (QED) is 0.710. The van der Waals surface area contributed by atoms with Gasteiger partial charge >= 0.3 is 0 Å². The molecule has 104 valence electrons. The molecule has 0 radical (unpaired) electrons. The van der Waals surface area contributed by atoms with Crippen LogP contribution in [-0.2, 0) is 11.2 Å².